The van der Waals surface area contributed by atoms with Gasteiger partial charge < -0.3 is 14.6 Å². The van der Waals surface area contributed by atoms with E-state index < -0.39 is 6.10 Å². The standard InChI is InChI=1S/C19H21ClN2O3/c1-22(11-15-9-16(20)5-8-19(15)24-2)12-17(23)13-25-18-6-3-14(10-21)4-7-18/h3-9,17,23H,11-13H2,1-2H3/t17-/m1/s1. The molecule has 0 saturated carbocycles. The maximum absolute atomic E-state index is 10.2. The summed E-state index contributed by atoms with van der Waals surface area (Å²) in [5.41, 5.74) is 1.53. The zero-order valence-corrected chi connectivity index (χ0v) is 15.0. The van der Waals surface area contributed by atoms with E-state index in [-0.39, 0.29) is 6.61 Å². The summed E-state index contributed by atoms with van der Waals surface area (Å²) < 4.78 is 10.9. The molecule has 0 amide bonds. The van der Waals surface area contributed by atoms with Crippen LogP contribution in [0.3, 0.4) is 0 Å². The van der Waals surface area contributed by atoms with Gasteiger partial charge in [-0.15, -0.1) is 0 Å². The van der Waals surface area contributed by atoms with Crippen LogP contribution in [-0.4, -0.2) is 43.4 Å². The maximum Gasteiger partial charge on any atom is 0.123 e. The van der Waals surface area contributed by atoms with Gasteiger partial charge in [-0.2, -0.15) is 5.26 Å². The van der Waals surface area contributed by atoms with Crippen molar-refractivity contribution in [1.82, 2.24) is 4.90 Å². The van der Waals surface area contributed by atoms with Crippen molar-refractivity contribution in [3.63, 3.8) is 0 Å². The van der Waals surface area contributed by atoms with Crippen LogP contribution in [0, 0.1) is 11.3 Å². The zero-order chi connectivity index (χ0) is 18.2. The second-order valence-corrected chi connectivity index (χ2v) is 6.19. The largest absolute Gasteiger partial charge is 0.496 e. The summed E-state index contributed by atoms with van der Waals surface area (Å²) >= 11 is 6.04. The average molecular weight is 361 g/mol. The summed E-state index contributed by atoms with van der Waals surface area (Å²) in [5, 5.41) is 19.6. The highest BCUT2D eigenvalue weighted by atomic mass is 35.5. The van der Waals surface area contributed by atoms with Crippen LogP contribution in [0.5, 0.6) is 11.5 Å². The second kappa shape index (κ2) is 9.28. The molecule has 6 heteroatoms. The van der Waals surface area contributed by atoms with Gasteiger partial charge in [0.1, 0.15) is 24.2 Å². The van der Waals surface area contributed by atoms with Crippen LogP contribution in [0.1, 0.15) is 11.1 Å². The summed E-state index contributed by atoms with van der Waals surface area (Å²) in [6.07, 6.45) is -0.647. The highest BCUT2D eigenvalue weighted by Gasteiger charge is 2.12. The molecule has 0 bridgehead atoms. The Kier molecular flexibility index (Phi) is 7.08. The zero-order valence-electron chi connectivity index (χ0n) is 14.3. The Hall–Kier alpha value is -2.26. The van der Waals surface area contributed by atoms with Gasteiger partial charge in [0.05, 0.1) is 18.7 Å². The number of likely N-dealkylation sites (N-methyl/N-ethyl adjacent to an activating group) is 1. The van der Waals surface area contributed by atoms with E-state index in [1.807, 2.05) is 24.1 Å². The predicted molar refractivity (Wildman–Crippen MR) is 97.0 cm³/mol. The first kappa shape index (κ1) is 19.1. The SMILES string of the molecule is COc1ccc(Cl)cc1CN(C)C[C@@H](O)COc1ccc(C#N)cc1. The van der Waals surface area contributed by atoms with Crippen molar-refractivity contribution in [3.05, 3.63) is 58.6 Å². The van der Waals surface area contributed by atoms with Gasteiger partial charge in [-0.05, 0) is 49.5 Å². The van der Waals surface area contributed by atoms with Gasteiger partial charge in [0.15, 0.2) is 0 Å². The fourth-order valence-electron chi connectivity index (χ4n) is 2.46. The van der Waals surface area contributed by atoms with Crippen LogP contribution >= 0.6 is 11.6 Å². The molecule has 0 aromatic heterocycles. The third-order valence-corrected chi connectivity index (χ3v) is 3.87. The molecule has 1 atom stereocenters. The van der Waals surface area contributed by atoms with E-state index in [1.165, 1.54) is 0 Å². The van der Waals surface area contributed by atoms with E-state index >= 15 is 0 Å². The van der Waals surface area contributed by atoms with Crippen molar-refractivity contribution in [3.8, 4) is 17.6 Å². The van der Waals surface area contributed by atoms with E-state index in [2.05, 4.69) is 6.07 Å². The molecule has 132 valence electrons. The van der Waals surface area contributed by atoms with E-state index in [0.717, 1.165) is 11.3 Å². The first-order chi connectivity index (χ1) is 12.0. The number of methoxy groups -OCH3 is 1. The third kappa shape index (κ3) is 5.95. The van der Waals surface area contributed by atoms with Gasteiger partial charge in [-0.1, -0.05) is 11.6 Å². The molecule has 0 saturated heterocycles. The minimum absolute atomic E-state index is 0.170. The monoisotopic (exact) mass is 360 g/mol. The van der Waals surface area contributed by atoms with Crippen molar-refractivity contribution < 1.29 is 14.6 Å². The van der Waals surface area contributed by atoms with Gasteiger partial charge in [-0.3, -0.25) is 4.90 Å². The van der Waals surface area contributed by atoms with E-state index in [0.29, 0.717) is 29.4 Å². The van der Waals surface area contributed by atoms with Crippen LogP contribution in [0.2, 0.25) is 5.02 Å². The molecule has 1 N–H and O–H groups in total. The maximum atomic E-state index is 10.2. The summed E-state index contributed by atoms with van der Waals surface area (Å²) in [4.78, 5) is 1.97. The molecule has 0 heterocycles. The molecule has 5 nitrogen and oxygen atoms in total. The number of nitriles is 1. The molecule has 0 radical (unpaired) electrons. The molecular formula is C19H21ClN2O3. The average Bonchev–Trinajstić information content (AvgIpc) is 2.60. The topological polar surface area (TPSA) is 65.7 Å². The molecule has 2 aromatic rings. The number of aliphatic hydroxyl groups is 1. The summed E-state index contributed by atoms with van der Waals surface area (Å²) in [5.74, 6) is 1.39. The Bertz CT molecular complexity index is 728. The van der Waals surface area contributed by atoms with E-state index in [4.69, 9.17) is 26.3 Å². The number of rotatable bonds is 8. The first-order valence-corrected chi connectivity index (χ1v) is 8.21. The molecule has 0 aliphatic heterocycles. The van der Waals surface area contributed by atoms with Crippen molar-refractivity contribution in [1.29, 1.82) is 5.26 Å². The lowest BCUT2D eigenvalue weighted by atomic mass is 10.2. The van der Waals surface area contributed by atoms with Crippen molar-refractivity contribution in [2.45, 2.75) is 12.6 Å². The number of hydrogen-bond acceptors (Lipinski definition) is 5. The van der Waals surface area contributed by atoms with Crippen molar-refractivity contribution in [2.75, 3.05) is 27.3 Å². The fraction of sp³-hybridized carbons (Fsp3) is 0.316. The number of ether oxygens (including phenoxy) is 2. The lowest BCUT2D eigenvalue weighted by molar-refractivity contribution is 0.0742. The molecular weight excluding hydrogens is 340 g/mol. The van der Waals surface area contributed by atoms with E-state index in [9.17, 15) is 5.11 Å². The summed E-state index contributed by atoms with van der Waals surface area (Å²) in [6.45, 7) is 1.20. The summed E-state index contributed by atoms with van der Waals surface area (Å²) in [6, 6.07) is 14.3. The number of benzene rings is 2. The molecule has 0 aliphatic rings. The lowest BCUT2D eigenvalue weighted by Crippen LogP contribution is -2.32. The number of halogens is 1. The van der Waals surface area contributed by atoms with Gasteiger partial charge in [0.25, 0.3) is 0 Å². The van der Waals surface area contributed by atoms with Crippen LogP contribution in [0.15, 0.2) is 42.5 Å². The molecule has 0 fully saturated rings. The molecule has 0 spiro atoms. The van der Waals surface area contributed by atoms with Crippen molar-refractivity contribution >= 4 is 11.6 Å². The Morgan fingerprint density at radius 3 is 2.60 bits per heavy atom. The van der Waals surface area contributed by atoms with Crippen molar-refractivity contribution in [2.24, 2.45) is 0 Å². The van der Waals surface area contributed by atoms with E-state index in [1.54, 1.807) is 37.4 Å². The van der Waals surface area contributed by atoms with Crippen LogP contribution < -0.4 is 9.47 Å². The Morgan fingerprint density at radius 2 is 1.96 bits per heavy atom. The molecule has 25 heavy (non-hydrogen) atoms. The normalized spacial score (nSPS) is 11.8. The Labute approximate surface area is 153 Å². The quantitative estimate of drug-likeness (QED) is 0.783. The smallest absolute Gasteiger partial charge is 0.123 e. The lowest BCUT2D eigenvalue weighted by Gasteiger charge is -2.22. The minimum Gasteiger partial charge on any atom is -0.496 e. The highest BCUT2D eigenvalue weighted by molar-refractivity contribution is 6.30. The molecule has 0 unspecified atom stereocenters. The van der Waals surface area contributed by atoms with Gasteiger partial charge in [0.2, 0.25) is 0 Å². The van der Waals surface area contributed by atoms with Gasteiger partial charge >= 0.3 is 0 Å². The third-order valence-electron chi connectivity index (χ3n) is 3.63. The number of hydrogen-bond donors (Lipinski definition) is 1. The predicted octanol–water partition coefficient (Wildman–Crippen LogP) is 3.09. The molecule has 0 aliphatic carbocycles. The fourth-order valence-corrected chi connectivity index (χ4v) is 2.65. The molecule has 2 aromatic carbocycles. The van der Waals surface area contributed by atoms with Crippen LogP contribution in [-0.2, 0) is 6.54 Å². The minimum atomic E-state index is -0.647. The highest BCUT2D eigenvalue weighted by Crippen LogP contribution is 2.23. The first-order valence-electron chi connectivity index (χ1n) is 7.84. The Morgan fingerprint density at radius 1 is 1.24 bits per heavy atom. The number of aliphatic hydroxyl groups excluding tert-OH is 1. The number of nitrogens with zero attached hydrogens (tertiary/aromatic N) is 2. The second-order valence-electron chi connectivity index (χ2n) is 5.75. The van der Waals surface area contributed by atoms with Crippen LogP contribution in [0.25, 0.3) is 0 Å². The van der Waals surface area contributed by atoms with Gasteiger partial charge in [-0.25, -0.2) is 0 Å². The van der Waals surface area contributed by atoms with Gasteiger partial charge in [0, 0.05) is 23.7 Å². The summed E-state index contributed by atoms with van der Waals surface area (Å²) in [7, 11) is 3.53. The molecule has 2 rings (SSSR count). The Balaban J connectivity index is 1.84. The van der Waals surface area contributed by atoms with Crippen LogP contribution in [0.4, 0.5) is 0 Å².